The average molecular weight is 298 g/mol. The van der Waals surface area contributed by atoms with Crippen molar-refractivity contribution in [2.75, 3.05) is 0 Å². The van der Waals surface area contributed by atoms with Crippen molar-refractivity contribution in [3.8, 4) is 11.3 Å². The van der Waals surface area contributed by atoms with E-state index in [1.54, 1.807) is 0 Å². The molecule has 0 saturated carbocycles. The van der Waals surface area contributed by atoms with Crippen LogP contribution in [-0.4, -0.2) is 0 Å². The summed E-state index contributed by atoms with van der Waals surface area (Å²) < 4.78 is 6.26. The minimum Gasteiger partial charge on any atom is -0.455 e. The normalized spacial score (nSPS) is 11.2. The molecule has 0 N–H and O–H groups in total. The van der Waals surface area contributed by atoms with Gasteiger partial charge in [-0.1, -0.05) is 74.2 Å². The van der Waals surface area contributed by atoms with Gasteiger partial charge in [-0.25, -0.2) is 0 Å². The summed E-state index contributed by atoms with van der Waals surface area (Å²) in [5.74, 6) is 0.920. The van der Waals surface area contributed by atoms with E-state index in [0.717, 1.165) is 34.5 Å². The molecular formula is C22H18O. The number of benzene rings is 3. The summed E-state index contributed by atoms with van der Waals surface area (Å²) in [4.78, 5) is 0. The van der Waals surface area contributed by atoms with Crippen LogP contribution in [0, 0.1) is 0 Å². The Bertz CT molecular complexity index is 1010. The van der Waals surface area contributed by atoms with Gasteiger partial charge in [-0.2, -0.15) is 0 Å². The molecule has 0 unspecified atom stereocenters. The maximum atomic E-state index is 6.26. The van der Waals surface area contributed by atoms with E-state index >= 15 is 0 Å². The van der Waals surface area contributed by atoms with Crippen LogP contribution in [-0.2, 0) is 0 Å². The van der Waals surface area contributed by atoms with E-state index in [1.807, 2.05) is 18.2 Å². The molecule has 0 fully saturated rings. The maximum Gasteiger partial charge on any atom is 0.142 e. The lowest BCUT2D eigenvalue weighted by Crippen LogP contribution is -1.85. The molecule has 23 heavy (non-hydrogen) atoms. The Labute approximate surface area is 135 Å². The highest BCUT2D eigenvalue weighted by molar-refractivity contribution is 6.13. The maximum absolute atomic E-state index is 6.26. The molecule has 4 aromatic rings. The molecule has 112 valence electrons. The minimum atomic E-state index is 0.900. The highest BCUT2D eigenvalue weighted by Crippen LogP contribution is 2.41. The van der Waals surface area contributed by atoms with E-state index in [-0.39, 0.29) is 0 Å². The highest BCUT2D eigenvalue weighted by Gasteiger charge is 2.19. The van der Waals surface area contributed by atoms with Crippen LogP contribution in [0.3, 0.4) is 0 Å². The molecule has 3 aromatic carbocycles. The molecule has 1 nitrogen and oxygen atoms in total. The third-order valence-electron chi connectivity index (χ3n) is 4.40. The van der Waals surface area contributed by atoms with Gasteiger partial charge in [0.25, 0.3) is 0 Å². The van der Waals surface area contributed by atoms with Crippen LogP contribution in [0.15, 0.2) is 77.7 Å². The Hall–Kier alpha value is -2.80. The number of hydrogen-bond donors (Lipinski definition) is 0. The fraction of sp³-hybridized carbons (Fsp3) is 0.0909. The molecule has 0 atom stereocenters. The van der Waals surface area contributed by atoms with Gasteiger partial charge in [-0.05, 0) is 28.8 Å². The van der Waals surface area contributed by atoms with E-state index in [2.05, 4.69) is 62.0 Å². The summed E-state index contributed by atoms with van der Waals surface area (Å²) >= 11 is 0. The smallest absolute Gasteiger partial charge is 0.142 e. The largest absolute Gasteiger partial charge is 0.455 e. The van der Waals surface area contributed by atoms with Crippen molar-refractivity contribution in [3.05, 3.63) is 78.9 Å². The predicted molar refractivity (Wildman–Crippen MR) is 98.5 cm³/mol. The van der Waals surface area contributed by atoms with Crippen molar-refractivity contribution in [1.82, 2.24) is 0 Å². The number of furan rings is 1. The highest BCUT2D eigenvalue weighted by atomic mass is 16.3. The van der Waals surface area contributed by atoms with Gasteiger partial charge in [0.2, 0.25) is 0 Å². The third-order valence-corrected chi connectivity index (χ3v) is 4.40. The van der Waals surface area contributed by atoms with Gasteiger partial charge in [0.15, 0.2) is 0 Å². The molecule has 0 bridgehead atoms. The molecule has 0 aliphatic carbocycles. The third kappa shape index (κ3) is 2.17. The quantitative estimate of drug-likeness (QED) is 0.411. The van der Waals surface area contributed by atoms with Crippen molar-refractivity contribution in [1.29, 1.82) is 0 Å². The minimum absolute atomic E-state index is 0.900. The lowest BCUT2D eigenvalue weighted by Gasteiger charge is -2.06. The van der Waals surface area contributed by atoms with Gasteiger partial charge in [-0.15, -0.1) is 0 Å². The van der Waals surface area contributed by atoms with E-state index in [1.165, 1.54) is 16.2 Å². The molecular weight excluding hydrogens is 280 g/mol. The Morgan fingerprint density at radius 2 is 1.65 bits per heavy atom. The number of allylic oxidation sites excluding steroid dienone is 1. The van der Waals surface area contributed by atoms with Crippen molar-refractivity contribution >= 4 is 27.3 Å². The van der Waals surface area contributed by atoms with Crippen LogP contribution in [0.1, 0.15) is 18.9 Å². The first kappa shape index (κ1) is 13.8. The van der Waals surface area contributed by atoms with Gasteiger partial charge < -0.3 is 4.42 Å². The topological polar surface area (TPSA) is 13.1 Å². The lowest BCUT2D eigenvalue weighted by molar-refractivity contribution is 0.630. The molecule has 1 heteroatoms. The SMILES string of the molecule is C=C(CC)c1c(-c2ccccc2)oc2ccc3ccccc3c12. The van der Waals surface area contributed by atoms with Crippen molar-refractivity contribution < 1.29 is 4.42 Å². The number of fused-ring (bicyclic) bond motifs is 3. The first-order valence-corrected chi connectivity index (χ1v) is 7.97. The summed E-state index contributed by atoms with van der Waals surface area (Å²) in [6.45, 7) is 6.44. The van der Waals surface area contributed by atoms with Crippen LogP contribution in [0.4, 0.5) is 0 Å². The van der Waals surface area contributed by atoms with Crippen LogP contribution in [0.2, 0.25) is 0 Å². The molecule has 0 saturated heterocycles. The summed E-state index contributed by atoms with van der Waals surface area (Å²) in [7, 11) is 0. The number of rotatable bonds is 3. The van der Waals surface area contributed by atoms with Crippen LogP contribution >= 0.6 is 0 Å². The number of hydrogen-bond acceptors (Lipinski definition) is 1. The molecule has 4 rings (SSSR count). The Morgan fingerprint density at radius 1 is 0.913 bits per heavy atom. The van der Waals surface area contributed by atoms with Crippen molar-refractivity contribution in [3.63, 3.8) is 0 Å². The second-order valence-corrected chi connectivity index (χ2v) is 5.79. The van der Waals surface area contributed by atoms with Gasteiger partial charge in [-0.3, -0.25) is 0 Å². The van der Waals surface area contributed by atoms with Gasteiger partial charge in [0.1, 0.15) is 11.3 Å². The Kier molecular flexibility index (Phi) is 3.27. The van der Waals surface area contributed by atoms with E-state index in [4.69, 9.17) is 4.42 Å². The fourth-order valence-electron chi connectivity index (χ4n) is 3.18. The zero-order valence-corrected chi connectivity index (χ0v) is 13.2. The van der Waals surface area contributed by atoms with E-state index in [0.29, 0.717) is 0 Å². The molecule has 0 radical (unpaired) electrons. The fourth-order valence-corrected chi connectivity index (χ4v) is 3.18. The summed E-state index contributed by atoms with van der Waals surface area (Å²) in [5.41, 5.74) is 4.27. The average Bonchev–Trinajstić information content (AvgIpc) is 3.02. The van der Waals surface area contributed by atoms with E-state index < -0.39 is 0 Å². The molecule has 0 amide bonds. The summed E-state index contributed by atoms with van der Waals surface area (Å²) in [5, 5.41) is 3.62. The van der Waals surface area contributed by atoms with Crippen LogP contribution in [0.25, 0.3) is 38.6 Å². The van der Waals surface area contributed by atoms with Crippen molar-refractivity contribution in [2.24, 2.45) is 0 Å². The molecule has 0 spiro atoms. The summed E-state index contributed by atoms with van der Waals surface area (Å²) in [6, 6.07) is 22.9. The van der Waals surface area contributed by atoms with E-state index in [9.17, 15) is 0 Å². The summed E-state index contributed by atoms with van der Waals surface area (Å²) in [6.07, 6.45) is 0.900. The van der Waals surface area contributed by atoms with Gasteiger partial charge >= 0.3 is 0 Å². The zero-order chi connectivity index (χ0) is 15.8. The molecule has 1 aromatic heterocycles. The molecule has 0 aliphatic heterocycles. The van der Waals surface area contributed by atoms with Gasteiger partial charge in [0, 0.05) is 16.5 Å². The second kappa shape index (κ2) is 5.44. The molecule has 0 aliphatic rings. The lowest BCUT2D eigenvalue weighted by atomic mass is 9.95. The monoisotopic (exact) mass is 298 g/mol. The van der Waals surface area contributed by atoms with Crippen LogP contribution in [0.5, 0.6) is 0 Å². The molecule has 1 heterocycles. The Morgan fingerprint density at radius 3 is 2.43 bits per heavy atom. The second-order valence-electron chi connectivity index (χ2n) is 5.79. The van der Waals surface area contributed by atoms with Crippen LogP contribution < -0.4 is 0 Å². The Balaban J connectivity index is 2.16. The van der Waals surface area contributed by atoms with Crippen molar-refractivity contribution in [2.45, 2.75) is 13.3 Å². The van der Waals surface area contributed by atoms with Gasteiger partial charge in [0.05, 0.1) is 0 Å². The zero-order valence-electron chi connectivity index (χ0n) is 13.2. The standard InChI is InChI=1S/C22H18O/c1-3-15(2)20-21-18-12-8-7-9-16(18)13-14-19(21)23-22(20)17-10-5-4-6-11-17/h4-14H,2-3H2,1H3. The predicted octanol–water partition coefficient (Wildman–Crippen LogP) is 6.68. The first-order chi connectivity index (χ1) is 11.3. The first-order valence-electron chi connectivity index (χ1n) is 7.97.